The molecule has 3 saturated heterocycles. The zero-order valence-corrected chi connectivity index (χ0v) is 25.7. The summed E-state index contributed by atoms with van der Waals surface area (Å²) in [6.07, 6.45) is -6.86. The monoisotopic (exact) mass is 630 g/mol. The Kier molecular flexibility index (Phi) is 7.95. The van der Waals surface area contributed by atoms with Crippen molar-refractivity contribution in [1.82, 2.24) is 0 Å². The maximum absolute atomic E-state index is 13.6. The Hall–Kier alpha value is -3.33. The van der Waals surface area contributed by atoms with Crippen molar-refractivity contribution in [1.29, 1.82) is 0 Å². The molecule has 4 aliphatic heterocycles. The third-order valence-electron chi connectivity index (χ3n) is 9.08. The van der Waals surface area contributed by atoms with Crippen LogP contribution in [0.1, 0.15) is 49.5 Å². The Labute approximate surface area is 260 Å². The van der Waals surface area contributed by atoms with Gasteiger partial charge in [0.15, 0.2) is 35.6 Å². The first kappa shape index (κ1) is 30.3. The minimum absolute atomic E-state index is 0.0460. The topological polar surface area (TPSA) is 150 Å². The van der Waals surface area contributed by atoms with E-state index in [9.17, 15) is 15.0 Å². The number of esters is 1. The number of carbonyl (C=O) groups is 1. The lowest BCUT2D eigenvalue weighted by Gasteiger charge is -2.47. The van der Waals surface area contributed by atoms with Crippen LogP contribution in [-0.2, 0) is 28.5 Å². The normalized spacial score (nSPS) is 34.9. The van der Waals surface area contributed by atoms with Gasteiger partial charge in [0.1, 0.15) is 24.4 Å². The van der Waals surface area contributed by atoms with Gasteiger partial charge in [-0.25, -0.2) is 0 Å². The average Bonchev–Trinajstić information content (AvgIpc) is 3.65. The van der Waals surface area contributed by atoms with E-state index in [1.807, 2.05) is 38.1 Å². The molecular weight excluding hydrogens is 592 g/mol. The van der Waals surface area contributed by atoms with Crippen molar-refractivity contribution in [2.24, 2.45) is 11.8 Å². The molecule has 0 spiro atoms. The van der Waals surface area contributed by atoms with E-state index in [0.29, 0.717) is 34.3 Å². The molecule has 0 aromatic heterocycles. The van der Waals surface area contributed by atoms with Crippen LogP contribution in [0.5, 0.6) is 28.7 Å². The first-order chi connectivity index (χ1) is 21.7. The number of aliphatic hydroxyl groups excluding tert-OH is 2. The van der Waals surface area contributed by atoms with Crippen LogP contribution in [0.2, 0.25) is 0 Å². The maximum Gasteiger partial charge on any atom is 0.310 e. The van der Waals surface area contributed by atoms with Gasteiger partial charge in [-0.1, -0.05) is 0 Å². The Balaban J connectivity index is 1.32. The highest BCUT2D eigenvalue weighted by Gasteiger charge is 2.56. The summed E-state index contributed by atoms with van der Waals surface area (Å²) >= 11 is 0. The van der Waals surface area contributed by atoms with E-state index in [4.69, 9.17) is 47.4 Å². The van der Waals surface area contributed by atoms with Crippen LogP contribution in [-0.4, -0.2) is 93.5 Å². The molecule has 2 aromatic rings. The molecule has 244 valence electrons. The molecule has 0 radical (unpaired) electrons. The fourth-order valence-electron chi connectivity index (χ4n) is 7.07. The quantitative estimate of drug-likeness (QED) is 0.432. The van der Waals surface area contributed by atoms with Gasteiger partial charge in [-0.3, -0.25) is 4.79 Å². The summed E-state index contributed by atoms with van der Waals surface area (Å²) < 4.78 is 58.6. The van der Waals surface area contributed by atoms with Gasteiger partial charge in [0.05, 0.1) is 45.6 Å². The predicted molar refractivity (Wildman–Crippen MR) is 152 cm³/mol. The van der Waals surface area contributed by atoms with Crippen molar-refractivity contribution < 1.29 is 62.4 Å². The number of hydrogen-bond acceptors (Lipinski definition) is 13. The molecule has 7 rings (SSSR count). The van der Waals surface area contributed by atoms with Gasteiger partial charge in [-0.15, -0.1) is 0 Å². The van der Waals surface area contributed by atoms with Crippen LogP contribution in [0.4, 0.5) is 0 Å². The van der Waals surface area contributed by atoms with Gasteiger partial charge in [0, 0.05) is 11.8 Å². The summed E-state index contributed by atoms with van der Waals surface area (Å²) in [6, 6.07) is 7.38. The van der Waals surface area contributed by atoms with Crippen LogP contribution in [0.3, 0.4) is 0 Å². The second-order valence-corrected chi connectivity index (χ2v) is 12.1. The number of fused-ring (bicyclic) bond motifs is 4. The van der Waals surface area contributed by atoms with Crippen molar-refractivity contribution in [2.45, 2.75) is 75.9 Å². The highest BCUT2D eigenvalue weighted by molar-refractivity contribution is 5.79. The van der Waals surface area contributed by atoms with Gasteiger partial charge in [-0.2, -0.15) is 0 Å². The Morgan fingerprint density at radius 2 is 1.58 bits per heavy atom. The Morgan fingerprint density at radius 1 is 0.889 bits per heavy atom. The predicted octanol–water partition coefficient (Wildman–Crippen LogP) is 2.42. The SMILES string of the molecule is COc1cc([C@@H]2c3cc4c(cc3[C@@H](O[C@@H]3OC5CO[C@@H](C)OC5[C@H](O)[C@H]3O)C3COC(=O)C32)OCO4)cc(OC)c1OC(C)C. The minimum Gasteiger partial charge on any atom is -0.493 e. The first-order valence-corrected chi connectivity index (χ1v) is 15.1. The third-order valence-corrected chi connectivity index (χ3v) is 9.08. The Bertz CT molecular complexity index is 1420. The molecule has 5 aliphatic rings. The fourth-order valence-corrected chi connectivity index (χ4v) is 7.07. The molecule has 3 fully saturated rings. The minimum atomic E-state index is -1.43. The largest absolute Gasteiger partial charge is 0.493 e. The van der Waals surface area contributed by atoms with Gasteiger partial charge in [-0.05, 0) is 61.7 Å². The molecular formula is C32H38O13. The number of cyclic esters (lactones) is 1. The highest BCUT2D eigenvalue weighted by Crippen LogP contribution is 2.57. The van der Waals surface area contributed by atoms with Crippen molar-refractivity contribution >= 4 is 5.97 Å². The van der Waals surface area contributed by atoms with Crippen LogP contribution in [0.15, 0.2) is 24.3 Å². The molecule has 0 saturated carbocycles. The van der Waals surface area contributed by atoms with E-state index in [1.165, 1.54) is 0 Å². The van der Waals surface area contributed by atoms with Crippen LogP contribution < -0.4 is 23.7 Å². The van der Waals surface area contributed by atoms with E-state index in [1.54, 1.807) is 21.1 Å². The Morgan fingerprint density at radius 3 is 2.24 bits per heavy atom. The van der Waals surface area contributed by atoms with Crippen LogP contribution in [0.25, 0.3) is 0 Å². The molecule has 2 N–H and O–H groups in total. The first-order valence-electron chi connectivity index (χ1n) is 15.1. The number of carbonyl (C=O) groups excluding carboxylic acids is 1. The summed E-state index contributed by atoms with van der Waals surface area (Å²) in [4.78, 5) is 13.6. The van der Waals surface area contributed by atoms with E-state index in [0.717, 1.165) is 11.1 Å². The van der Waals surface area contributed by atoms with Crippen molar-refractivity contribution in [3.05, 3.63) is 41.0 Å². The zero-order valence-electron chi connectivity index (χ0n) is 25.7. The van der Waals surface area contributed by atoms with Crippen molar-refractivity contribution in [2.75, 3.05) is 34.2 Å². The fraction of sp³-hybridized carbons (Fsp3) is 0.594. The maximum atomic E-state index is 13.6. The van der Waals surface area contributed by atoms with E-state index < -0.39 is 66.8 Å². The molecule has 4 unspecified atom stereocenters. The number of methoxy groups -OCH3 is 2. The zero-order chi connectivity index (χ0) is 31.6. The standard InChI is InChI=1S/C32H38O13/c1-13(2)42-29-21(36-4)6-15(7-22(29)37-5)24-16-8-19-20(41-12-40-19)9-17(16)28(18-10-39-31(35)25(18)24)45-32-27(34)26(33)30-23(44-32)11-38-14(3)43-30/h6-9,13-14,18,23-28,30,32-34H,10-12H2,1-5H3/t14-,18?,23?,24-,25?,26-,27-,28-,30?,32+/m1/s1. The molecule has 4 heterocycles. The summed E-state index contributed by atoms with van der Waals surface area (Å²) in [5.41, 5.74) is 2.19. The molecule has 13 nitrogen and oxygen atoms in total. The van der Waals surface area contributed by atoms with Gasteiger partial charge in [0.25, 0.3) is 0 Å². The lowest BCUT2D eigenvalue weighted by Crippen LogP contribution is -2.63. The number of rotatable bonds is 7. The highest BCUT2D eigenvalue weighted by atomic mass is 16.8. The summed E-state index contributed by atoms with van der Waals surface area (Å²) in [5.74, 6) is 0.337. The van der Waals surface area contributed by atoms with Gasteiger partial charge >= 0.3 is 5.97 Å². The van der Waals surface area contributed by atoms with Gasteiger partial charge in [0.2, 0.25) is 12.5 Å². The summed E-state index contributed by atoms with van der Waals surface area (Å²) in [6.45, 7) is 5.81. The third kappa shape index (κ3) is 5.15. The molecule has 2 aromatic carbocycles. The van der Waals surface area contributed by atoms with Crippen LogP contribution in [0, 0.1) is 11.8 Å². The van der Waals surface area contributed by atoms with E-state index in [-0.39, 0.29) is 26.1 Å². The molecule has 13 heteroatoms. The van der Waals surface area contributed by atoms with Gasteiger partial charge < -0.3 is 57.6 Å². The smallest absolute Gasteiger partial charge is 0.310 e. The summed E-state index contributed by atoms with van der Waals surface area (Å²) in [7, 11) is 3.10. The number of benzene rings is 2. The van der Waals surface area contributed by atoms with Crippen molar-refractivity contribution in [3.8, 4) is 28.7 Å². The number of aliphatic hydroxyl groups is 2. The molecule has 1 aliphatic carbocycles. The lowest BCUT2D eigenvalue weighted by molar-refractivity contribution is -0.364. The number of ether oxygens (including phenoxy) is 10. The van der Waals surface area contributed by atoms with E-state index in [2.05, 4.69) is 0 Å². The average molecular weight is 631 g/mol. The molecule has 0 amide bonds. The lowest BCUT2D eigenvalue weighted by atomic mass is 9.66. The molecule has 45 heavy (non-hydrogen) atoms. The van der Waals surface area contributed by atoms with Crippen molar-refractivity contribution in [3.63, 3.8) is 0 Å². The molecule has 10 atom stereocenters. The van der Waals surface area contributed by atoms with E-state index >= 15 is 0 Å². The number of hydrogen-bond donors (Lipinski definition) is 2. The summed E-state index contributed by atoms with van der Waals surface area (Å²) in [5, 5.41) is 22.1. The second kappa shape index (κ2) is 11.8. The second-order valence-electron chi connectivity index (χ2n) is 12.1. The molecule has 0 bridgehead atoms. The van der Waals surface area contributed by atoms with Crippen LogP contribution >= 0.6 is 0 Å².